The van der Waals surface area contributed by atoms with Crippen LogP contribution in [0.15, 0.2) is 78.9 Å². The molecule has 0 aliphatic rings. The molecule has 7 rings (SSSR count). The van der Waals surface area contributed by atoms with Crippen LogP contribution in [0.5, 0.6) is 0 Å². The fraction of sp³-hybridized carbons (Fsp3) is 0.0370. The van der Waals surface area contributed by atoms with E-state index in [9.17, 15) is 0 Å². The third-order valence-electron chi connectivity index (χ3n) is 5.82. The van der Waals surface area contributed by atoms with Gasteiger partial charge in [-0.25, -0.2) is 0 Å². The first kappa shape index (κ1) is 18.1. The van der Waals surface area contributed by atoms with Gasteiger partial charge in [-0.05, 0) is 42.3 Å². The SMILES string of the molecule is Cc1ccc(-c2cc3sc(-c4ccc5c(c4)sc4c6ccccc6sc54)cc3s2)cc1. The molecular weight excluding hydrogens is 453 g/mol. The molecule has 0 saturated carbocycles. The van der Waals surface area contributed by atoms with Gasteiger partial charge in [-0.15, -0.1) is 45.3 Å². The summed E-state index contributed by atoms with van der Waals surface area (Å²) in [4.78, 5) is 2.72. The Morgan fingerprint density at radius 1 is 0.484 bits per heavy atom. The van der Waals surface area contributed by atoms with Crippen LogP contribution in [0.2, 0.25) is 0 Å². The van der Waals surface area contributed by atoms with Gasteiger partial charge < -0.3 is 0 Å². The van der Waals surface area contributed by atoms with Crippen molar-refractivity contribution < 1.29 is 0 Å². The number of aryl methyl sites for hydroxylation is 1. The van der Waals surface area contributed by atoms with Crippen LogP contribution < -0.4 is 0 Å². The van der Waals surface area contributed by atoms with E-state index in [0.717, 1.165) is 0 Å². The minimum absolute atomic E-state index is 1.31. The van der Waals surface area contributed by atoms with Crippen LogP contribution in [0.3, 0.4) is 0 Å². The molecule has 4 aromatic heterocycles. The molecule has 0 aliphatic carbocycles. The summed E-state index contributed by atoms with van der Waals surface area (Å²) in [6, 6.07) is 29.3. The third kappa shape index (κ3) is 2.83. The Hall–Kier alpha value is -2.50. The summed E-state index contributed by atoms with van der Waals surface area (Å²) in [5, 5.41) is 2.79. The van der Waals surface area contributed by atoms with Gasteiger partial charge in [0.1, 0.15) is 0 Å². The van der Waals surface area contributed by atoms with Crippen molar-refractivity contribution in [2.75, 3.05) is 0 Å². The van der Waals surface area contributed by atoms with Crippen LogP contribution in [0, 0.1) is 6.92 Å². The number of benzene rings is 3. The zero-order chi connectivity index (χ0) is 20.5. The smallest absolute Gasteiger partial charge is 0.0542 e. The second-order valence-corrected chi connectivity index (χ2v) is 12.2. The lowest BCUT2D eigenvalue weighted by Gasteiger charge is -1.99. The molecule has 0 atom stereocenters. The van der Waals surface area contributed by atoms with Gasteiger partial charge in [0.2, 0.25) is 0 Å². The topological polar surface area (TPSA) is 0 Å². The molecule has 0 saturated heterocycles. The van der Waals surface area contributed by atoms with Gasteiger partial charge in [0.05, 0.1) is 9.40 Å². The maximum absolute atomic E-state index is 2.39. The van der Waals surface area contributed by atoms with E-state index in [0.29, 0.717) is 0 Å². The van der Waals surface area contributed by atoms with Gasteiger partial charge in [0.15, 0.2) is 0 Å². The third-order valence-corrected chi connectivity index (χ3v) is 10.7. The molecule has 4 heteroatoms. The molecule has 31 heavy (non-hydrogen) atoms. The lowest BCUT2D eigenvalue weighted by Crippen LogP contribution is -1.73. The first-order valence-corrected chi connectivity index (χ1v) is 13.4. The maximum Gasteiger partial charge on any atom is 0.0542 e. The van der Waals surface area contributed by atoms with E-state index in [-0.39, 0.29) is 0 Å². The van der Waals surface area contributed by atoms with Crippen molar-refractivity contribution in [2.24, 2.45) is 0 Å². The number of hydrogen-bond acceptors (Lipinski definition) is 4. The molecule has 0 unspecified atom stereocenters. The van der Waals surface area contributed by atoms with Gasteiger partial charge in [-0.1, -0.05) is 60.2 Å². The molecular formula is C27H16S4. The molecule has 3 aromatic carbocycles. The standard InChI is InChI=1S/C27H16S4/c1-15-6-8-16(9-7-15)21-13-24-25(28-21)14-22(29-24)17-10-11-19-23(12-17)31-26-18-4-2-3-5-20(18)30-27(19)26/h2-14H,1H3. The molecule has 0 amide bonds. The number of hydrogen-bond donors (Lipinski definition) is 0. The molecule has 0 radical (unpaired) electrons. The molecule has 148 valence electrons. The Labute approximate surface area is 195 Å². The average molecular weight is 469 g/mol. The number of fused-ring (bicyclic) bond motifs is 6. The highest BCUT2D eigenvalue weighted by molar-refractivity contribution is 7.36. The molecule has 7 aromatic rings. The van der Waals surface area contributed by atoms with E-state index >= 15 is 0 Å². The Morgan fingerprint density at radius 2 is 1.10 bits per heavy atom. The van der Waals surface area contributed by atoms with Crippen molar-refractivity contribution in [3.8, 4) is 20.9 Å². The minimum atomic E-state index is 1.31. The summed E-state index contributed by atoms with van der Waals surface area (Å²) >= 11 is 7.66. The van der Waals surface area contributed by atoms with E-state index in [1.807, 2.05) is 45.3 Å². The van der Waals surface area contributed by atoms with Crippen molar-refractivity contribution >= 4 is 84.3 Å². The van der Waals surface area contributed by atoms with Crippen molar-refractivity contribution in [3.63, 3.8) is 0 Å². The van der Waals surface area contributed by atoms with Crippen LogP contribution in [0.25, 0.3) is 59.9 Å². The lowest BCUT2D eigenvalue weighted by molar-refractivity contribution is 1.48. The van der Waals surface area contributed by atoms with Crippen LogP contribution in [-0.2, 0) is 0 Å². The summed E-state index contributed by atoms with van der Waals surface area (Å²) in [7, 11) is 0. The monoisotopic (exact) mass is 468 g/mol. The van der Waals surface area contributed by atoms with Crippen molar-refractivity contribution in [1.29, 1.82) is 0 Å². The zero-order valence-corrected chi connectivity index (χ0v) is 19.9. The van der Waals surface area contributed by atoms with Crippen LogP contribution in [-0.4, -0.2) is 0 Å². The second-order valence-electron chi connectivity index (χ2n) is 7.89. The fourth-order valence-electron chi connectivity index (χ4n) is 4.20. The summed E-state index contributed by atoms with van der Waals surface area (Å²) in [5.74, 6) is 0. The minimum Gasteiger partial charge on any atom is -0.134 e. The fourth-order valence-corrected chi connectivity index (χ4v) is 9.29. The predicted molar refractivity (Wildman–Crippen MR) is 144 cm³/mol. The Kier molecular flexibility index (Phi) is 3.94. The van der Waals surface area contributed by atoms with Gasteiger partial charge in [0.25, 0.3) is 0 Å². The van der Waals surface area contributed by atoms with E-state index in [1.54, 1.807) is 0 Å². The number of rotatable bonds is 2. The first-order chi connectivity index (χ1) is 15.2. The molecule has 0 bridgehead atoms. The largest absolute Gasteiger partial charge is 0.134 e. The van der Waals surface area contributed by atoms with Gasteiger partial charge in [-0.2, -0.15) is 0 Å². The first-order valence-electron chi connectivity index (χ1n) is 10.2. The second kappa shape index (κ2) is 6.75. The maximum atomic E-state index is 2.39. The normalized spacial score (nSPS) is 12.0. The molecule has 0 fully saturated rings. The van der Waals surface area contributed by atoms with Gasteiger partial charge in [-0.3, -0.25) is 0 Å². The Bertz CT molecular complexity index is 1700. The summed E-state index contributed by atoms with van der Waals surface area (Å²) in [6.45, 7) is 2.14. The van der Waals surface area contributed by atoms with E-state index in [2.05, 4.69) is 85.8 Å². The number of thiophene rings is 4. The summed E-state index contributed by atoms with van der Waals surface area (Å²) in [5.41, 5.74) is 3.95. The molecule has 0 nitrogen and oxygen atoms in total. The van der Waals surface area contributed by atoms with Crippen molar-refractivity contribution in [3.05, 3.63) is 84.4 Å². The van der Waals surface area contributed by atoms with E-state index in [1.165, 1.54) is 65.4 Å². The van der Waals surface area contributed by atoms with Crippen molar-refractivity contribution in [2.45, 2.75) is 6.92 Å². The molecule has 0 aliphatic heterocycles. The van der Waals surface area contributed by atoms with Crippen molar-refractivity contribution in [1.82, 2.24) is 0 Å². The Morgan fingerprint density at radius 3 is 1.87 bits per heavy atom. The molecule has 0 spiro atoms. The zero-order valence-electron chi connectivity index (χ0n) is 16.6. The average Bonchev–Trinajstić information content (AvgIpc) is 3.52. The Balaban J connectivity index is 1.32. The molecule has 4 heterocycles. The predicted octanol–water partition coefficient (Wildman–Crippen LogP) is 10.2. The van der Waals surface area contributed by atoms with E-state index in [4.69, 9.17) is 0 Å². The summed E-state index contributed by atoms with van der Waals surface area (Å²) in [6.07, 6.45) is 0. The molecule has 0 N–H and O–H groups in total. The van der Waals surface area contributed by atoms with Gasteiger partial charge in [0, 0.05) is 39.3 Å². The highest BCUT2D eigenvalue weighted by atomic mass is 32.1. The lowest BCUT2D eigenvalue weighted by atomic mass is 10.1. The van der Waals surface area contributed by atoms with Gasteiger partial charge >= 0.3 is 0 Å². The highest BCUT2D eigenvalue weighted by Crippen LogP contribution is 2.46. The quantitative estimate of drug-likeness (QED) is 0.237. The van der Waals surface area contributed by atoms with E-state index < -0.39 is 0 Å². The highest BCUT2D eigenvalue weighted by Gasteiger charge is 2.14. The van der Waals surface area contributed by atoms with Crippen LogP contribution in [0.1, 0.15) is 5.56 Å². The van der Waals surface area contributed by atoms with Crippen LogP contribution >= 0.6 is 45.3 Å². The van der Waals surface area contributed by atoms with Crippen LogP contribution in [0.4, 0.5) is 0 Å². The summed E-state index contributed by atoms with van der Waals surface area (Å²) < 4.78 is 8.41.